The second kappa shape index (κ2) is 9.71. The Balaban J connectivity index is 3.29. The van der Waals surface area contributed by atoms with Crippen molar-refractivity contribution in [2.75, 3.05) is 0 Å². The Labute approximate surface area is 92.1 Å². The van der Waals surface area contributed by atoms with Crippen LogP contribution in [0.3, 0.4) is 0 Å². The predicted octanol–water partition coefficient (Wildman–Crippen LogP) is 2.78. The van der Waals surface area contributed by atoms with Crippen molar-refractivity contribution in [3.8, 4) is 0 Å². The summed E-state index contributed by atoms with van der Waals surface area (Å²) >= 11 is 0. The van der Waals surface area contributed by atoms with Crippen molar-refractivity contribution >= 4 is 5.97 Å². The fourth-order valence-corrected chi connectivity index (χ4v) is 1.22. The minimum Gasteiger partial charge on any atom is -0.436 e. The van der Waals surface area contributed by atoms with Gasteiger partial charge >= 0.3 is 5.97 Å². The summed E-state index contributed by atoms with van der Waals surface area (Å²) in [5.41, 5.74) is 0. The second-order valence-electron chi connectivity index (χ2n) is 3.61. The number of unbranched alkanes of at least 4 members (excludes halogenated alkanes) is 3. The summed E-state index contributed by atoms with van der Waals surface area (Å²) in [6.45, 7) is 3.47. The molecule has 88 valence electrons. The van der Waals surface area contributed by atoms with E-state index in [9.17, 15) is 9.90 Å². The maximum absolute atomic E-state index is 10.5. The molecule has 0 heterocycles. The first-order valence-electron chi connectivity index (χ1n) is 5.67. The number of allylic oxidation sites excluding steroid dienone is 2. The molecule has 0 radical (unpaired) electrons. The van der Waals surface area contributed by atoms with E-state index in [1.807, 2.05) is 0 Å². The molecule has 0 saturated heterocycles. The van der Waals surface area contributed by atoms with Gasteiger partial charge in [-0.25, -0.2) is 0 Å². The lowest BCUT2D eigenvalue weighted by Gasteiger charge is -2.08. The van der Waals surface area contributed by atoms with Crippen molar-refractivity contribution < 1.29 is 14.6 Å². The van der Waals surface area contributed by atoms with Crippen molar-refractivity contribution in [2.24, 2.45) is 0 Å². The number of aliphatic hydroxyl groups excluding tert-OH is 1. The Kier molecular flexibility index (Phi) is 9.18. The molecule has 0 aliphatic heterocycles. The Bertz CT molecular complexity index is 187. The molecular weight excluding hydrogens is 192 g/mol. The minimum absolute atomic E-state index is 0.430. The smallest absolute Gasteiger partial charge is 0.304 e. The number of hydrogen-bond donors (Lipinski definition) is 1. The molecule has 0 rings (SSSR count). The summed E-state index contributed by atoms with van der Waals surface area (Å²) in [5, 5.41) is 9.19. The molecule has 0 aromatic rings. The SMILES string of the molecule is CCCC/C=C\CCCC(O)OC(C)=O. The van der Waals surface area contributed by atoms with Gasteiger partial charge in [0.1, 0.15) is 0 Å². The molecule has 0 saturated carbocycles. The number of ether oxygens (including phenoxy) is 1. The predicted molar refractivity (Wildman–Crippen MR) is 60.3 cm³/mol. The van der Waals surface area contributed by atoms with E-state index < -0.39 is 12.3 Å². The average molecular weight is 214 g/mol. The van der Waals surface area contributed by atoms with Crippen molar-refractivity contribution in [1.82, 2.24) is 0 Å². The third-order valence-corrected chi connectivity index (χ3v) is 2.01. The van der Waals surface area contributed by atoms with Crippen LogP contribution >= 0.6 is 0 Å². The van der Waals surface area contributed by atoms with Crippen LogP contribution in [0.2, 0.25) is 0 Å². The van der Waals surface area contributed by atoms with E-state index in [1.54, 1.807) is 0 Å². The zero-order chi connectivity index (χ0) is 11.5. The highest BCUT2D eigenvalue weighted by Crippen LogP contribution is 2.04. The first-order chi connectivity index (χ1) is 7.16. The van der Waals surface area contributed by atoms with Gasteiger partial charge in [-0.1, -0.05) is 31.9 Å². The fraction of sp³-hybridized carbons (Fsp3) is 0.750. The van der Waals surface area contributed by atoms with E-state index >= 15 is 0 Å². The van der Waals surface area contributed by atoms with E-state index in [1.165, 1.54) is 19.8 Å². The molecule has 0 aromatic heterocycles. The Hall–Kier alpha value is -0.830. The Morgan fingerprint density at radius 3 is 2.47 bits per heavy atom. The third kappa shape index (κ3) is 11.1. The molecule has 1 unspecified atom stereocenters. The van der Waals surface area contributed by atoms with Crippen LogP contribution in [0.5, 0.6) is 0 Å². The van der Waals surface area contributed by atoms with Gasteiger partial charge in [-0.3, -0.25) is 4.79 Å². The number of carbonyl (C=O) groups is 1. The minimum atomic E-state index is -0.938. The van der Waals surface area contributed by atoms with E-state index in [2.05, 4.69) is 23.8 Å². The Morgan fingerprint density at radius 2 is 1.93 bits per heavy atom. The highest BCUT2D eigenvalue weighted by Gasteiger charge is 2.05. The topological polar surface area (TPSA) is 46.5 Å². The van der Waals surface area contributed by atoms with Crippen LogP contribution in [-0.2, 0) is 9.53 Å². The first-order valence-corrected chi connectivity index (χ1v) is 5.67. The molecule has 0 amide bonds. The monoisotopic (exact) mass is 214 g/mol. The van der Waals surface area contributed by atoms with Crippen LogP contribution < -0.4 is 0 Å². The van der Waals surface area contributed by atoms with Gasteiger partial charge < -0.3 is 9.84 Å². The molecule has 1 N–H and O–H groups in total. The molecule has 15 heavy (non-hydrogen) atoms. The maximum Gasteiger partial charge on any atom is 0.304 e. The highest BCUT2D eigenvalue weighted by molar-refractivity contribution is 5.65. The van der Waals surface area contributed by atoms with E-state index in [4.69, 9.17) is 0 Å². The van der Waals surface area contributed by atoms with Gasteiger partial charge in [-0.15, -0.1) is 0 Å². The zero-order valence-corrected chi connectivity index (χ0v) is 9.74. The fourth-order valence-electron chi connectivity index (χ4n) is 1.22. The van der Waals surface area contributed by atoms with Gasteiger partial charge in [0.15, 0.2) is 0 Å². The number of aliphatic hydroxyl groups is 1. The molecule has 0 fully saturated rings. The summed E-state index contributed by atoms with van der Waals surface area (Å²) < 4.78 is 4.59. The quantitative estimate of drug-likeness (QED) is 0.292. The van der Waals surface area contributed by atoms with Crippen LogP contribution in [0.25, 0.3) is 0 Å². The third-order valence-electron chi connectivity index (χ3n) is 2.01. The van der Waals surface area contributed by atoms with Crippen LogP contribution in [0.4, 0.5) is 0 Å². The maximum atomic E-state index is 10.5. The van der Waals surface area contributed by atoms with E-state index in [0.29, 0.717) is 6.42 Å². The lowest BCUT2D eigenvalue weighted by molar-refractivity contribution is -0.165. The summed E-state index contributed by atoms with van der Waals surface area (Å²) in [6.07, 6.45) is 9.21. The van der Waals surface area contributed by atoms with Crippen LogP contribution in [0.15, 0.2) is 12.2 Å². The summed E-state index contributed by atoms with van der Waals surface area (Å²) in [6, 6.07) is 0. The summed E-state index contributed by atoms with van der Waals surface area (Å²) in [4.78, 5) is 10.5. The van der Waals surface area contributed by atoms with Gasteiger partial charge in [0.2, 0.25) is 6.29 Å². The molecule has 0 bridgehead atoms. The second-order valence-corrected chi connectivity index (χ2v) is 3.61. The van der Waals surface area contributed by atoms with Crippen LogP contribution in [0, 0.1) is 0 Å². The van der Waals surface area contributed by atoms with E-state index in [0.717, 1.165) is 19.3 Å². The van der Waals surface area contributed by atoms with Crippen molar-refractivity contribution in [1.29, 1.82) is 0 Å². The number of carbonyl (C=O) groups excluding carboxylic acids is 1. The lowest BCUT2D eigenvalue weighted by atomic mass is 10.2. The molecule has 0 spiro atoms. The van der Waals surface area contributed by atoms with Crippen molar-refractivity contribution in [3.05, 3.63) is 12.2 Å². The molecule has 0 aromatic carbocycles. The van der Waals surface area contributed by atoms with Crippen LogP contribution in [0.1, 0.15) is 52.4 Å². The largest absolute Gasteiger partial charge is 0.436 e. The summed E-state index contributed by atoms with van der Waals surface area (Å²) in [7, 11) is 0. The van der Waals surface area contributed by atoms with E-state index in [-0.39, 0.29) is 0 Å². The molecule has 0 aliphatic rings. The first kappa shape index (κ1) is 14.2. The van der Waals surface area contributed by atoms with Gasteiger partial charge in [0, 0.05) is 13.3 Å². The molecule has 3 nitrogen and oxygen atoms in total. The van der Waals surface area contributed by atoms with Gasteiger partial charge in [-0.05, 0) is 19.3 Å². The summed E-state index contributed by atoms with van der Waals surface area (Å²) in [5.74, 6) is -0.430. The standard InChI is InChI=1S/C12H22O3/c1-3-4-5-6-7-8-9-10-12(14)15-11(2)13/h6-7,12,14H,3-5,8-10H2,1-2H3/b7-6-. The molecule has 3 heteroatoms. The normalized spacial score (nSPS) is 13.0. The molecular formula is C12H22O3. The van der Waals surface area contributed by atoms with Gasteiger partial charge in [-0.2, -0.15) is 0 Å². The average Bonchev–Trinajstić information content (AvgIpc) is 2.15. The highest BCUT2D eigenvalue weighted by atomic mass is 16.6. The van der Waals surface area contributed by atoms with Gasteiger partial charge in [0.05, 0.1) is 0 Å². The lowest BCUT2D eigenvalue weighted by Crippen LogP contribution is -2.14. The zero-order valence-electron chi connectivity index (χ0n) is 9.74. The van der Waals surface area contributed by atoms with Crippen molar-refractivity contribution in [3.63, 3.8) is 0 Å². The van der Waals surface area contributed by atoms with Gasteiger partial charge in [0.25, 0.3) is 0 Å². The molecule has 0 aliphatic carbocycles. The van der Waals surface area contributed by atoms with Crippen molar-refractivity contribution in [2.45, 2.75) is 58.7 Å². The number of rotatable bonds is 8. The Morgan fingerprint density at radius 1 is 1.33 bits per heavy atom. The van der Waals surface area contributed by atoms with Crippen LogP contribution in [-0.4, -0.2) is 17.4 Å². The number of hydrogen-bond acceptors (Lipinski definition) is 3. The number of esters is 1. The molecule has 1 atom stereocenters.